The van der Waals surface area contributed by atoms with Crippen molar-refractivity contribution >= 4 is 38.5 Å². The molecule has 4 aromatic carbocycles. The molecule has 6 aromatic rings. The van der Waals surface area contributed by atoms with Crippen molar-refractivity contribution in [2.45, 2.75) is 0 Å². The van der Waals surface area contributed by atoms with Gasteiger partial charge in [0.25, 0.3) is 0 Å². The Morgan fingerprint density at radius 2 is 1.39 bits per heavy atom. The second kappa shape index (κ2) is 6.92. The van der Waals surface area contributed by atoms with Crippen molar-refractivity contribution in [2.24, 2.45) is 0 Å². The molecule has 0 bridgehead atoms. The Labute approximate surface area is 179 Å². The van der Waals surface area contributed by atoms with E-state index in [4.69, 9.17) is 0 Å². The lowest BCUT2D eigenvalue weighted by Crippen LogP contribution is -2.02. The van der Waals surface area contributed by atoms with Crippen LogP contribution in [0.3, 0.4) is 0 Å². The predicted molar refractivity (Wildman–Crippen MR) is 126 cm³/mol. The van der Waals surface area contributed by atoms with Gasteiger partial charge in [0.1, 0.15) is 0 Å². The molecule has 0 aliphatic rings. The molecule has 3 nitrogen and oxygen atoms in total. The molecule has 3 heteroatoms. The summed E-state index contributed by atoms with van der Waals surface area (Å²) in [5.41, 5.74) is 5.47. The van der Waals surface area contributed by atoms with E-state index >= 15 is 0 Å². The van der Waals surface area contributed by atoms with Gasteiger partial charge in [0.15, 0.2) is 5.78 Å². The monoisotopic (exact) mass is 398 g/mol. The van der Waals surface area contributed by atoms with Gasteiger partial charge in [-0.05, 0) is 48.5 Å². The van der Waals surface area contributed by atoms with Gasteiger partial charge in [0.05, 0.1) is 16.6 Å². The summed E-state index contributed by atoms with van der Waals surface area (Å²) in [6, 6.07) is 34.4. The fourth-order valence-electron chi connectivity index (χ4n) is 4.33. The minimum Gasteiger partial charge on any atom is -0.309 e. The molecule has 0 saturated carbocycles. The minimum atomic E-state index is -0.0169. The van der Waals surface area contributed by atoms with Crippen LogP contribution in [0.25, 0.3) is 38.4 Å². The van der Waals surface area contributed by atoms with Crippen LogP contribution in [0.15, 0.2) is 109 Å². The Hall–Kier alpha value is -4.24. The first kappa shape index (κ1) is 17.6. The molecule has 0 amide bonds. The summed E-state index contributed by atoms with van der Waals surface area (Å²) in [5, 5.41) is 3.17. The number of pyridine rings is 1. The van der Waals surface area contributed by atoms with E-state index in [9.17, 15) is 4.79 Å². The molecular weight excluding hydrogens is 380 g/mol. The number of carbonyl (C=O) groups excluding carboxylic acids is 1. The summed E-state index contributed by atoms with van der Waals surface area (Å²) in [6.45, 7) is 0. The smallest absolute Gasteiger partial charge is 0.194 e. The standard InChI is InChI=1S/C28H18N2O/c31-28(21-16-19-8-4-6-12-25(19)29-18-21)20-14-15-27-24(17-20)23-11-5-7-13-26(23)30(27)22-9-2-1-3-10-22/h1-18H. The summed E-state index contributed by atoms with van der Waals surface area (Å²) in [4.78, 5) is 17.8. The molecule has 146 valence electrons. The lowest BCUT2D eigenvalue weighted by molar-refractivity contribution is 0.103. The van der Waals surface area contributed by atoms with Gasteiger partial charge in [0, 0.05) is 39.2 Å². The van der Waals surface area contributed by atoms with Gasteiger partial charge >= 0.3 is 0 Å². The van der Waals surface area contributed by atoms with E-state index in [0.717, 1.165) is 38.4 Å². The molecule has 0 radical (unpaired) electrons. The average Bonchev–Trinajstić information content (AvgIpc) is 3.17. The van der Waals surface area contributed by atoms with Crippen LogP contribution in [0.2, 0.25) is 0 Å². The van der Waals surface area contributed by atoms with E-state index in [-0.39, 0.29) is 5.78 Å². The molecule has 0 N–H and O–H groups in total. The van der Waals surface area contributed by atoms with Crippen LogP contribution in [-0.4, -0.2) is 15.3 Å². The molecule has 2 heterocycles. The van der Waals surface area contributed by atoms with Gasteiger partial charge in [-0.15, -0.1) is 0 Å². The molecule has 31 heavy (non-hydrogen) atoms. The minimum absolute atomic E-state index is 0.0169. The fourth-order valence-corrected chi connectivity index (χ4v) is 4.33. The first-order chi connectivity index (χ1) is 15.3. The van der Waals surface area contributed by atoms with E-state index in [2.05, 4.69) is 33.8 Å². The van der Waals surface area contributed by atoms with Gasteiger partial charge < -0.3 is 4.57 Å². The molecule has 0 aliphatic heterocycles. The summed E-state index contributed by atoms with van der Waals surface area (Å²) in [5.74, 6) is -0.0169. The number of benzene rings is 4. The highest BCUT2D eigenvalue weighted by atomic mass is 16.1. The lowest BCUT2D eigenvalue weighted by Gasteiger charge is -2.08. The van der Waals surface area contributed by atoms with Crippen LogP contribution in [0.4, 0.5) is 0 Å². The normalized spacial score (nSPS) is 11.4. The van der Waals surface area contributed by atoms with Crippen molar-refractivity contribution < 1.29 is 4.79 Å². The molecule has 0 spiro atoms. The third-order valence-corrected chi connectivity index (χ3v) is 5.80. The van der Waals surface area contributed by atoms with Crippen molar-refractivity contribution in [3.63, 3.8) is 0 Å². The zero-order valence-electron chi connectivity index (χ0n) is 16.7. The van der Waals surface area contributed by atoms with E-state index in [1.165, 1.54) is 0 Å². The van der Waals surface area contributed by atoms with Gasteiger partial charge in [-0.1, -0.05) is 54.6 Å². The van der Waals surface area contributed by atoms with E-state index in [1.807, 2.05) is 78.9 Å². The Balaban J connectivity index is 1.54. The third kappa shape index (κ3) is 2.82. The van der Waals surface area contributed by atoms with Crippen LogP contribution in [-0.2, 0) is 0 Å². The van der Waals surface area contributed by atoms with Gasteiger partial charge in [-0.25, -0.2) is 0 Å². The zero-order chi connectivity index (χ0) is 20.8. The van der Waals surface area contributed by atoms with Crippen LogP contribution in [0, 0.1) is 0 Å². The van der Waals surface area contributed by atoms with E-state index < -0.39 is 0 Å². The maximum absolute atomic E-state index is 13.3. The van der Waals surface area contributed by atoms with Gasteiger partial charge in [-0.2, -0.15) is 0 Å². The first-order valence-electron chi connectivity index (χ1n) is 10.3. The largest absolute Gasteiger partial charge is 0.309 e. The number of ketones is 1. The Bertz CT molecular complexity index is 1600. The Morgan fingerprint density at radius 3 is 2.29 bits per heavy atom. The Morgan fingerprint density at radius 1 is 0.645 bits per heavy atom. The van der Waals surface area contributed by atoms with Crippen LogP contribution in [0.1, 0.15) is 15.9 Å². The number of para-hydroxylation sites is 3. The van der Waals surface area contributed by atoms with Crippen LogP contribution < -0.4 is 0 Å². The lowest BCUT2D eigenvalue weighted by atomic mass is 10.0. The SMILES string of the molecule is O=C(c1cnc2ccccc2c1)c1ccc2c(c1)c1ccccc1n2-c1ccccc1. The van der Waals surface area contributed by atoms with Crippen molar-refractivity contribution in [3.05, 3.63) is 120 Å². The molecule has 6 rings (SSSR count). The highest BCUT2D eigenvalue weighted by molar-refractivity contribution is 6.15. The summed E-state index contributed by atoms with van der Waals surface area (Å²) in [7, 11) is 0. The molecule has 2 aromatic heterocycles. The summed E-state index contributed by atoms with van der Waals surface area (Å²) >= 11 is 0. The van der Waals surface area contributed by atoms with Gasteiger partial charge in [0.2, 0.25) is 0 Å². The second-order valence-corrected chi connectivity index (χ2v) is 7.67. The Kier molecular flexibility index (Phi) is 3.93. The van der Waals surface area contributed by atoms with Crippen LogP contribution >= 0.6 is 0 Å². The third-order valence-electron chi connectivity index (χ3n) is 5.80. The quantitative estimate of drug-likeness (QED) is 0.316. The maximum atomic E-state index is 13.3. The fraction of sp³-hybridized carbons (Fsp3) is 0. The number of aromatic nitrogens is 2. The van der Waals surface area contributed by atoms with E-state index in [0.29, 0.717) is 11.1 Å². The average molecular weight is 398 g/mol. The molecule has 0 saturated heterocycles. The highest BCUT2D eigenvalue weighted by Crippen LogP contribution is 2.33. The number of hydrogen-bond acceptors (Lipinski definition) is 2. The molecule has 0 fully saturated rings. The maximum Gasteiger partial charge on any atom is 0.194 e. The zero-order valence-corrected chi connectivity index (χ0v) is 16.7. The number of rotatable bonds is 3. The topological polar surface area (TPSA) is 34.9 Å². The van der Waals surface area contributed by atoms with E-state index in [1.54, 1.807) is 6.20 Å². The van der Waals surface area contributed by atoms with Gasteiger partial charge in [-0.3, -0.25) is 9.78 Å². The number of carbonyl (C=O) groups is 1. The highest BCUT2D eigenvalue weighted by Gasteiger charge is 2.16. The van der Waals surface area contributed by atoms with Crippen molar-refractivity contribution in [1.82, 2.24) is 9.55 Å². The molecular formula is C28H18N2O. The molecule has 0 atom stereocenters. The van der Waals surface area contributed by atoms with Crippen LogP contribution in [0.5, 0.6) is 0 Å². The predicted octanol–water partition coefficient (Wildman–Crippen LogP) is 6.56. The summed E-state index contributed by atoms with van der Waals surface area (Å²) in [6.07, 6.45) is 1.67. The second-order valence-electron chi connectivity index (χ2n) is 7.67. The number of fused-ring (bicyclic) bond motifs is 4. The van der Waals surface area contributed by atoms with Crippen molar-refractivity contribution in [3.8, 4) is 5.69 Å². The first-order valence-corrected chi connectivity index (χ1v) is 10.3. The van der Waals surface area contributed by atoms with Crippen molar-refractivity contribution in [2.75, 3.05) is 0 Å². The number of hydrogen-bond donors (Lipinski definition) is 0. The summed E-state index contributed by atoms with van der Waals surface area (Å²) < 4.78 is 2.25. The number of nitrogens with zero attached hydrogens (tertiary/aromatic N) is 2. The molecule has 0 unspecified atom stereocenters. The van der Waals surface area contributed by atoms with Crippen molar-refractivity contribution in [1.29, 1.82) is 0 Å². The molecule has 0 aliphatic carbocycles.